The molecule has 0 fully saturated rings. The van der Waals surface area contributed by atoms with Gasteiger partial charge in [0.1, 0.15) is 0 Å². The maximum Gasteiger partial charge on any atom is 0.248 e. The van der Waals surface area contributed by atoms with Gasteiger partial charge in [-0.1, -0.05) is 25.1 Å². The lowest BCUT2D eigenvalue weighted by Crippen LogP contribution is -2.15. The second-order valence-electron chi connectivity index (χ2n) is 3.80. The number of primary amides is 1. The summed E-state index contributed by atoms with van der Waals surface area (Å²) in [7, 11) is 0. The van der Waals surface area contributed by atoms with Crippen molar-refractivity contribution in [1.29, 1.82) is 0 Å². The number of aromatic nitrogens is 2. The van der Waals surface area contributed by atoms with Crippen LogP contribution in [0.2, 0.25) is 0 Å². The molecule has 17 heavy (non-hydrogen) atoms. The number of carbonyl (C=O) groups is 1. The molecular weight excluding hydrogens is 214 g/mol. The van der Waals surface area contributed by atoms with E-state index in [2.05, 4.69) is 9.97 Å². The number of amides is 1. The first-order chi connectivity index (χ1) is 8.20. The zero-order valence-electron chi connectivity index (χ0n) is 9.50. The van der Waals surface area contributed by atoms with Crippen molar-refractivity contribution >= 4 is 5.91 Å². The van der Waals surface area contributed by atoms with E-state index in [-0.39, 0.29) is 5.92 Å². The number of nitrogens with two attached hydrogens (primary N) is 1. The maximum absolute atomic E-state index is 11.3. The smallest absolute Gasteiger partial charge is 0.248 e. The lowest BCUT2D eigenvalue weighted by molar-refractivity contribution is 0.0999. The fourth-order valence-corrected chi connectivity index (χ4v) is 1.79. The van der Waals surface area contributed by atoms with Crippen molar-refractivity contribution in [2.24, 2.45) is 5.73 Å². The summed E-state index contributed by atoms with van der Waals surface area (Å²) in [6, 6.07) is 7.30. The molecule has 2 rings (SSSR count). The molecular formula is C13H13N3O. The van der Waals surface area contributed by atoms with Gasteiger partial charge in [0.25, 0.3) is 0 Å². The van der Waals surface area contributed by atoms with E-state index in [0.717, 1.165) is 11.3 Å². The van der Waals surface area contributed by atoms with Crippen LogP contribution in [0, 0.1) is 0 Å². The van der Waals surface area contributed by atoms with Gasteiger partial charge in [-0.3, -0.25) is 14.8 Å². The highest BCUT2D eigenvalue weighted by Crippen LogP contribution is 2.24. The van der Waals surface area contributed by atoms with Crippen molar-refractivity contribution in [2.75, 3.05) is 0 Å². The Hall–Kier alpha value is -2.23. The van der Waals surface area contributed by atoms with E-state index in [4.69, 9.17) is 5.73 Å². The standard InChI is InChI=1S/C13H13N3O/c1-9(12-8-15-6-7-16-12)10-4-2-3-5-11(10)13(14)17/h2-9H,1H3,(H2,14,17)/t9-/m0/s1. The van der Waals surface area contributed by atoms with Crippen LogP contribution in [0.1, 0.15) is 34.5 Å². The number of hydrogen-bond acceptors (Lipinski definition) is 3. The minimum Gasteiger partial charge on any atom is -0.366 e. The van der Waals surface area contributed by atoms with Crippen LogP contribution >= 0.6 is 0 Å². The van der Waals surface area contributed by atoms with Gasteiger partial charge in [0, 0.05) is 30.1 Å². The Morgan fingerprint density at radius 3 is 2.71 bits per heavy atom. The summed E-state index contributed by atoms with van der Waals surface area (Å²) in [6.07, 6.45) is 4.96. The fourth-order valence-electron chi connectivity index (χ4n) is 1.79. The van der Waals surface area contributed by atoms with Crippen LogP contribution in [-0.4, -0.2) is 15.9 Å². The lowest BCUT2D eigenvalue weighted by Gasteiger charge is -2.13. The Morgan fingerprint density at radius 1 is 1.29 bits per heavy atom. The van der Waals surface area contributed by atoms with Crippen LogP contribution in [0.25, 0.3) is 0 Å². The molecule has 2 N–H and O–H groups in total. The minimum absolute atomic E-state index is 0.00704. The predicted octanol–water partition coefficient (Wildman–Crippen LogP) is 1.73. The van der Waals surface area contributed by atoms with Crippen molar-refractivity contribution < 1.29 is 4.79 Å². The Kier molecular flexibility index (Phi) is 3.14. The third-order valence-corrected chi connectivity index (χ3v) is 2.72. The van der Waals surface area contributed by atoms with Crippen LogP contribution in [0.15, 0.2) is 42.9 Å². The molecule has 1 amide bonds. The first-order valence-electron chi connectivity index (χ1n) is 5.35. The molecule has 1 aromatic heterocycles. The van der Waals surface area contributed by atoms with Crippen molar-refractivity contribution in [2.45, 2.75) is 12.8 Å². The topological polar surface area (TPSA) is 68.9 Å². The molecule has 2 aromatic rings. The van der Waals surface area contributed by atoms with Gasteiger partial charge in [-0.25, -0.2) is 0 Å². The van der Waals surface area contributed by atoms with E-state index in [9.17, 15) is 4.79 Å². The van der Waals surface area contributed by atoms with E-state index >= 15 is 0 Å². The number of hydrogen-bond donors (Lipinski definition) is 1. The van der Waals surface area contributed by atoms with E-state index in [1.54, 1.807) is 30.7 Å². The van der Waals surface area contributed by atoms with Crippen LogP contribution in [0.5, 0.6) is 0 Å². The number of benzene rings is 1. The molecule has 0 aliphatic carbocycles. The quantitative estimate of drug-likeness (QED) is 0.868. The van der Waals surface area contributed by atoms with E-state index in [0.29, 0.717) is 5.56 Å². The van der Waals surface area contributed by atoms with E-state index in [1.165, 1.54) is 0 Å². The lowest BCUT2D eigenvalue weighted by atomic mass is 9.93. The van der Waals surface area contributed by atoms with Crippen LogP contribution in [0.3, 0.4) is 0 Å². The zero-order chi connectivity index (χ0) is 12.3. The molecule has 1 atom stereocenters. The summed E-state index contributed by atoms with van der Waals surface area (Å²) in [5.41, 5.74) is 7.58. The van der Waals surface area contributed by atoms with Gasteiger partial charge in [-0.2, -0.15) is 0 Å². The van der Waals surface area contributed by atoms with Crippen molar-refractivity contribution in [3.05, 3.63) is 59.7 Å². The average molecular weight is 227 g/mol. The molecule has 0 radical (unpaired) electrons. The number of carbonyl (C=O) groups excluding carboxylic acids is 1. The van der Waals surface area contributed by atoms with Crippen molar-refractivity contribution in [3.8, 4) is 0 Å². The Morgan fingerprint density at radius 2 is 2.06 bits per heavy atom. The first kappa shape index (κ1) is 11.3. The van der Waals surface area contributed by atoms with Crippen molar-refractivity contribution in [3.63, 3.8) is 0 Å². The third-order valence-electron chi connectivity index (χ3n) is 2.72. The molecule has 0 saturated carbocycles. The summed E-state index contributed by atoms with van der Waals surface area (Å²) in [5.74, 6) is -0.427. The van der Waals surface area contributed by atoms with Crippen LogP contribution in [0.4, 0.5) is 0 Å². The zero-order valence-corrected chi connectivity index (χ0v) is 9.50. The second kappa shape index (κ2) is 4.74. The van der Waals surface area contributed by atoms with Gasteiger partial charge in [-0.15, -0.1) is 0 Å². The Labute approximate surface area is 99.5 Å². The molecule has 0 bridgehead atoms. The Balaban J connectivity index is 2.44. The summed E-state index contributed by atoms with van der Waals surface area (Å²) in [4.78, 5) is 19.6. The normalized spacial score (nSPS) is 12.1. The first-order valence-corrected chi connectivity index (χ1v) is 5.35. The third kappa shape index (κ3) is 2.30. The second-order valence-corrected chi connectivity index (χ2v) is 3.80. The molecule has 4 nitrogen and oxygen atoms in total. The maximum atomic E-state index is 11.3. The largest absolute Gasteiger partial charge is 0.366 e. The van der Waals surface area contributed by atoms with Gasteiger partial charge in [0.05, 0.1) is 5.69 Å². The van der Waals surface area contributed by atoms with Gasteiger partial charge in [-0.05, 0) is 11.6 Å². The highest BCUT2D eigenvalue weighted by atomic mass is 16.1. The SMILES string of the molecule is C[C@H](c1cnccn1)c1ccccc1C(N)=O. The highest BCUT2D eigenvalue weighted by Gasteiger charge is 2.16. The predicted molar refractivity (Wildman–Crippen MR) is 64.5 cm³/mol. The molecule has 0 aliphatic rings. The molecule has 0 spiro atoms. The van der Waals surface area contributed by atoms with Gasteiger partial charge < -0.3 is 5.73 Å². The van der Waals surface area contributed by atoms with E-state index < -0.39 is 5.91 Å². The average Bonchev–Trinajstić information content (AvgIpc) is 2.39. The molecule has 86 valence electrons. The van der Waals surface area contributed by atoms with Gasteiger partial charge >= 0.3 is 0 Å². The molecule has 1 aromatic carbocycles. The summed E-state index contributed by atoms with van der Waals surface area (Å²) < 4.78 is 0. The molecule has 0 unspecified atom stereocenters. The van der Waals surface area contributed by atoms with Crippen LogP contribution < -0.4 is 5.73 Å². The monoisotopic (exact) mass is 227 g/mol. The summed E-state index contributed by atoms with van der Waals surface area (Å²) >= 11 is 0. The Bertz CT molecular complexity index is 525. The molecule has 1 heterocycles. The molecule has 0 saturated heterocycles. The van der Waals surface area contributed by atoms with Crippen LogP contribution in [-0.2, 0) is 0 Å². The minimum atomic E-state index is -0.420. The van der Waals surface area contributed by atoms with Gasteiger partial charge in [0.2, 0.25) is 5.91 Å². The van der Waals surface area contributed by atoms with Crippen molar-refractivity contribution in [1.82, 2.24) is 9.97 Å². The summed E-state index contributed by atoms with van der Waals surface area (Å²) in [5, 5.41) is 0. The highest BCUT2D eigenvalue weighted by molar-refractivity contribution is 5.94. The van der Waals surface area contributed by atoms with E-state index in [1.807, 2.05) is 19.1 Å². The molecule has 4 heteroatoms. The fraction of sp³-hybridized carbons (Fsp3) is 0.154. The summed E-state index contributed by atoms with van der Waals surface area (Å²) in [6.45, 7) is 1.98. The number of rotatable bonds is 3. The number of nitrogens with zero attached hydrogens (tertiary/aromatic N) is 2. The van der Waals surface area contributed by atoms with Gasteiger partial charge in [0.15, 0.2) is 0 Å². The molecule has 0 aliphatic heterocycles.